The number of alkyl halides is 2. The zero-order chi connectivity index (χ0) is 18.2. The van der Waals surface area contributed by atoms with Crippen molar-refractivity contribution in [2.75, 3.05) is 26.7 Å². The average molecular weight is 355 g/mol. The van der Waals surface area contributed by atoms with E-state index in [1.54, 1.807) is 26.1 Å². The van der Waals surface area contributed by atoms with Gasteiger partial charge in [0.2, 0.25) is 0 Å². The molecule has 0 unspecified atom stereocenters. The molecule has 7 heteroatoms. The highest BCUT2D eigenvalue weighted by Gasteiger charge is 2.18. The Bertz CT molecular complexity index is 573. The molecule has 1 saturated heterocycles. The summed E-state index contributed by atoms with van der Waals surface area (Å²) in [6, 6.07) is 4.98. The fourth-order valence-corrected chi connectivity index (χ4v) is 2.86. The lowest BCUT2D eigenvalue weighted by molar-refractivity contribution is -0.0514. The van der Waals surface area contributed by atoms with Gasteiger partial charge in [0.1, 0.15) is 0 Å². The van der Waals surface area contributed by atoms with Gasteiger partial charge in [0, 0.05) is 26.7 Å². The molecule has 1 aromatic carbocycles. The van der Waals surface area contributed by atoms with E-state index in [0.717, 1.165) is 43.4 Å². The number of aliphatic imine (C=N–C) groups is 1. The molecule has 25 heavy (non-hydrogen) atoms. The van der Waals surface area contributed by atoms with Crippen molar-refractivity contribution in [3.8, 4) is 11.5 Å². The van der Waals surface area contributed by atoms with E-state index in [0.29, 0.717) is 18.9 Å². The van der Waals surface area contributed by atoms with E-state index in [4.69, 9.17) is 4.74 Å². The summed E-state index contributed by atoms with van der Waals surface area (Å²) in [7, 11) is 1.77. The van der Waals surface area contributed by atoms with Gasteiger partial charge in [0.25, 0.3) is 0 Å². The maximum Gasteiger partial charge on any atom is 0.387 e. The summed E-state index contributed by atoms with van der Waals surface area (Å²) in [6.45, 7) is 4.10. The summed E-state index contributed by atoms with van der Waals surface area (Å²) < 4.78 is 34.8. The minimum Gasteiger partial charge on any atom is -0.490 e. The van der Waals surface area contributed by atoms with Crippen molar-refractivity contribution in [2.24, 2.45) is 10.9 Å². The minimum atomic E-state index is -2.87. The summed E-state index contributed by atoms with van der Waals surface area (Å²) >= 11 is 0. The molecule has 2 rings (SSSR count). The molecular weight excluding hydrogens is 328 g/mol. The van der Waals surface area contributed by atoms with Gasteiger partial charge >= 0.3 is 6.61 Å². The van der Waals surface area contributed by atoms with Crippen molar-refractivity contribution in [1.82, 2.24) is 10.2 Å². The molecule has 0 bridgehead atoms. The molecule has 1 aliphatic heterocycles. The number of hydrogen-bond acceptors (Lipinski definition) is 3. The third-order valence-corrected chi connectivity index (χ3v) is 4.27. The lowest BCUT2D eigenvalue weighted by Crippen LogP contribution is -2.45. The predicted octanol–water partition coefficient (Wildman–Crippen LogP) is 3.49. The van der Waals surface area contributed by atoms with Gasteiger partial charge < -0.3 is 19.7 Å². The molecular formula is C18H27F2N3O2. The molecule has 1 N–H and O–H groups in total. The fourth-order valence-electron chi connectivity index (χ4n) is 2.86. The van der Waals surface area contributed by atoms with Crippen molar-refractivity contribution in [2.45, 2.75) is 39.8 Å². The quantitative estimate of drug-likeness (QED) is 0.627. The highest BCUT2D eigenvalue weighted by molar-refractivity contribution is 5.80. The number of benzene rings is 1. The Morgan fingerprint density at radius 1 is 1.32 bits per heavy atom. The number of likely N-dealkylation sites (tertiary alicyclic amines) is 1. The van der Waals surface area contributed by atoms with Crippen LogP contribution in [-0.4, -0.2) is 44.2 Å². The Morgan fingerprint density at radius 2 is 2.04 bits per heavy atom. The maximum absolute atomic E-state index is 12.5. The molecule has 1 fully saturated rings. The summed E-state index contributed by atoms with van der Waals surface area (Å²) in [5.74, 6) is 1.99. The van der Waals surface area contributed by atoms with Gasteiger partial charge in [-0.3, -0.25) is 4.99 Å². The first-order chi connectivity index (χ1) is 12.0. The van der Waals surface area contributed by atoms with E-state index < -0.39 is 6.61 Å². The Kier molecular flexibility index (Phi) is 7.28. The number of halogens is 2. The molecule has 0 amide bonds. The molecule has 1 heterocycles. The summed E-state index contributed by atoms with van der Waals surface area (Å²) in [4.78, 5) is 6.59. The second-order valence-corrected chi connectivity index (χ2v) is 6.16. The summed E-state index contributed by atoms with van der Waals surface area (Å²) in [5.41, 5.74) is 0.914. The molecule has 0 aliphatic carbocycles. The number of nitrogens with zero attached hydrogens (tertiary/aromatic N) is 2. The standard InChI is InChI=1S/C18H27F2N3O2/c1-4-24-16-11-14(5-6-15(16)25-17(19)20)12-22-18(21-3)23-9-7-13(2)8-10-23/h5-6,11,13,17H,4,7-10,12H2,1-3H3,(H,21,22). The van der Waals surface area contributed by atoms with Crippen LogP contribution in [0, 0.1) is 5.92 Å². The van der Waals surface area contributed by atoms with E-state index in [-0.39, 0.29) is 5.75 Å². The normalized spacial score (nSPS) is 16.2. The van der Waals surface area contributed by atoms with Crippen LogP contribution in [0.4, 0.5) is 8.78 Å². The van der Waals surface area contributed by atoms with Gasteiger partial charge in [0.15, 0.2) is 17.5 Å². The first-order valence-electron chi connectivity index (χ1n) is 8.69. The molecule has 0 aromatic heterocycles. The zero-order valence-electron chi connectivity index (χ0n) is 15.1. The van der Waals surface area contributed by atoms with E-state index in [1.165, 1.54) is 6.07 Å². The summed E-state index contributed by atoms with van der Waals surface area (Å²) in [5, 5.41) is 3.33. The number of guanidine groups is 1. The Hall–Kier alpha value is -2.05. The van der Waals surface area contributed by atoms with Crippen LogP contribution >= 0.6 is 0 Å². The average Bonchev–Trinajstić information content (AvgIpc) is 2.59. The highest BCUT2D eigenvalue weighted by atomic mass is 19.3. The molecule has 1 aromatic rings. The van der Waals surface area contributed by atoms with Crippen LogP contribution in [0.25, 0.3) is 0 Å². The van der Waals surface area contributed by atoms with E-state index in [1.807, 2.05) is 0 Å². The van der Waals surface area contributed by atoms with Crippen molar-refractivity contribution in [3.05, 3.63) is 23.8 Å². The van der Waals surface area contributed by atoms with Crippen LogP contribution in [0.2, 0.25) is 0 Å². The van der Waals surface area contributed by atoms with Crippen molar-refractivity contribution < 1.29 is 18.3 Å². The molecule has 140 valence electrons. The van der Waals surface area contributed by atoms with Crippen LogP contribution < -0.4 is 14.8 Å². The minimum absolute atomic E-state index is 0.0509. The van der Waals surface area contributed by atoms with Gasteiger partial charge in [-0.1, -0.05) is 13.0 Å². The van der Waals surface area contributed by atoms with Crippen LogP contribution in [-0.2, 0) is 6.54 Å². The van der Waals surface area contributed by atoms with E-state index in [9.17, 15) is 8.78 Å². The Morgan fingerprint density at radius 3 is 2.64 bits per heavy atom. The van der Waals surface area contributed by atoms with E-state index in [2.05, 4.69) is 26.9 Å². The van der Waals surface area contributed by atoms with E-state index >= 15 is 0 Å². The lowest BCUT2D eigenvalue weighted by Gasteiger charge is -2.33. The molecule has 0 saturated carbocycles. The first-order valence-corrected chi connectivity index (χ1v) is 8.69. The van der Waals surface area contributed by atoms with Crippen LogP contribution in [0.1, 0.15) is 32.3 Å². The number of hydrogen-bond donors (Lipinski definition) is 1. The van der Waals surface area contributed by atoms with Gasteiger partial charge in [-0.15, -0.1) is 0 Å². The SMILES string of the molecule is CCOc1cc(CNC(=NC)N2CCC(C)CC2)ccc1OC(F)F. The lowest BCUT2D eigenvalue weighted by atomic mass is 9.99. The number of ether oxygens (including phenoxy) is 2. The van der Waals surface area contributed by atoms with Crippen LogP contribution in [0.3, 0.4) is 0 Å². The molecule has 5 nitrogen and oxygen atoms in total. The third-order valence-electron chi connectivity index (χ3n) is 4.27. The molecule has 0 atom stereocenters. The Labute approximate surface area is 148 Å². The smallest absolute Gasteiger partial charge is 0.387 e. The largest absolute Gasteiger partial charge is 0.490 e. The Balaban J connectivity index is 2.00. The third kappa shape index (κ3) is 5.76. The van der Waals surface area contributed by atoms with Gasteiger partial charge in [-0.25, -0.2) is 0 Å². The molecule has 1 aliphatic rings. The zero-order valence-corrected chi connectivity index (χ0v) is 15.1. The number of piperidine rings is 1. The second-order valence-electron chi connectivity index (χ2n) is 6.16. The highest BCUT2D eigenvalue weighted by Crippen LogP contribution is 2.30. The molecule has 0 radical (unpaired) electrons. The number of rotatable bonds is 6. The maximum atomic E-state index is 12.5. The monoisotopic (exact) mass is 355 g/mol. The summed E-state index contributed by atoms with van der Waals surface area (Å²) in [6.07, 6.45) is 2.32. The number of nitrogens with one attached hydrogen (secondary N) is 1. The van der Waals surface area contributed by atoms with Gasteiger partial charge in [0.05, 0.1) is 6.61 Å². The first kappa shape index (κ1) is 19.3. The van der Waals surface area contributed by atoms with Crippen LogP contribution in [0.15, 0.2) is 23.2 Å². The van der Waals surface area contributed by atoms with Crippen molar-refractivity contribution >= 4 is 5.96 Å². The van der Waals surface area contributed by atoms with Gasteiger partial charge in [-0.05, 0) is 43.4 Å². The molecule has 0 spiro atoms. The van der Waals surface area contributed by atoms with Gasteiger partial charge in [-0.2, -0.15) is 8.78 Å². The van der Waals surface area contributed by atoms with Crippen molar-refractivity contribution in [3.63, 3.8) is 0 Å². The second kappa shape index (κ2) is 9.44. The fraction of sp³-hybridized carbons (Fsp3) is 0.611. The topological polar surface area (TPSA) is 46.1 Å². The van der Waals surface area contributed by atoms with Crippen molar-refractivity contribution in [1.29, 1.82) is 0 Å². The van der Waals surface area contributed by atoms with Crippen LogP contribution in [0.5, 0.6) is 11.5 Å². The predicted molar refractivity (Wildman–Crippen MR) is 94.4 cm³/mol.